The predicted molar refractivity (Wildman–Crippen MR) is 55.1 cm³/mol. The van der Waals surface area contributed by atoms with Gasteiger partial charge in [0.2, 0.25) is 0 Å². The summed E-state index contributed by atoms with van der Waals surface area (Å²) in [6.07, 6.45) is 0. The molecule has 1 rings (SSSR count). The summed E-state index contributed by atoms with van der Waals surface area (Å²) in [6.45, 7) is 5.73. The zero-order chi connectivity index (χ0) is 9.46. The molecule has 0 aliphatic carbocycles. The Balaban J connectivity index is 3.60. The van der Waals surface area contributed by atoms with E-state index in [4.69, 9.17) is 28.9 Å². The number of hydrogen-bond donors (Lipinski definition) is 1. The van der Waals surface area contributed by atoms with Crippen LogP contribution in [0.25, 0.3) is 0 Å². The molecule has 0 amide bonds. The van der Waals surface area contributed by atoms with Crippen molar-refractivity contribution in [2.45, 2.75) is 20.8 Å². The van der Waals surface area contributed by atoms with E-state index in [0.717, 1.165) is 16.7 Å². The molecule has 12 heavy (non-hydrogen) atoms. The largest absolute Gasteiger partial charge is 0.397 e. The molecular weight excluding hydrogens is 193 g/mol. The molecule has 0 aromatic heterocycles. The van der Waals surface area contributed by atoms with Gasteiger partial charge in [-0.1, -0.05) is 23.2 Å². The van der Waals surface area contributed by atoms with Gasteiger partial charge < -0.3 is 5.73 Å². The molecule has 0 saturated heterocycles. The number of hydrogen-bond acceptors (Lipinski definition) is 1. The Bertz CT molecular complexity index is 227. The first-order chi connectivity index (χ1) is 5.46. The fourth-order valence-corrected chi connectivity index (χ4v) is 1.63. The van der Waals surface area contributed by atoms with Crippen LogP contribution in [0.5, 0.6) is 0 Å². The average molecular weight is 204 g/mol. The van der Waals surface area contributed by atoms with Crippen molar-refractivity contribution in [3.8, 4) is 0 Å². The lowest BCUT2D eigenvalue weighted by Crippen LogP contribution is -1.97. The first-order valence-electron chi connectivity index (χ1n) is 3.67. The molecular formula is C9H11Cl2N. The van der Waals surface area contributed by atoms with Crippen molar-refractivity contribution < 1.29 is 0 Å². The third-order valence-electron chi connectivity index (χ3n) is 2.19. The van der Waals surface area contributed by atoms with E-state index < -0.39 is 0 Å². The molecule has 1 aromatic rings. The van der Waals surface area contributed by atoms with Crippen LogP contribution in [-0.2, 0) is 0 Å². The summed E-state index contributed by atoms with van der Waals surface area (Å²) in [6, 6.07) is 0. The van der Waals surface area contributed by atoms with Gasteiger partial charge in [-0.3, -0.25) is 0 Å². The highest BCUT2D eigenvalue weighted by molar-refractivity contribution is 6.38. The molecule has 0 bridgehead atoms. The van der Waals surface area contributed by atoms with Crippen molar-refractivity contribution in [1.82, 2.24) is 0 Å². The Hall–Kier alpha value is -0.400. The molecule has 1 aromatic carbocycles. The van der Waals surface area contributed by atoms with Crippen molar-refractivity contribution in [2.75, 3.05) is 5.73 Å². The van der Waals surface area contributed by atoms with Crippen molar-refractivity contribution >= 4 is 28.9 Å². The van der Waals surface area contributed by atoms with Gasteiger partial charge in [-0.25, -0.2) is 0 Å². The van der Waals surface area contributed by atoms with Gasteiger partial charge in [0.25, 0.3) is 0 Å². The summed E-state index contributed by atoms with van der Waals surface area (Å²) < 4.78 is 0. The molecule has 0 aliphatic rings. The molecule has 66 valence electrons. The van der Waals surface area contributed by atoms with E-state index in [1.165, 1.54) is 0 Å². The highest BCUT2D eigenvalue weighted by atomic mass is 35.5. The van der Waals surface area contributed by atoms with Gasteiger partial charge in [0.15, 0.2) is 0 Å². The zero-order valence-electron chi connectivity index (χ0n) is 7.33. The smallest absolute Gasteiger partial charge is 0.0682 e. The lowest BCUT2D eigenvalue weighted by Gasteiger charge is -2.12. The lowest BCUT2D eigenvalue weighted by molar-refractivity contribution is 1.30. The van der Waals surface area contributed by atoms with Gasteiger partial charge in [-0.2, -0.15) is 0 Å². The van der Waals surface area contributed by atoms with Crippen molar-refractivity contribution in [3.05, 3.63) is 26.7 Å². The van der Waals surface area contributed by atoms with Gasteiger partial charge in [0.1, 0.15) is 0 Å². The quantitative estimate of drug-likeness (QED) is 0.643. The van der Waals surface area contributed by atoms with Crippen LogP contribution in [0.2, 0.25) is 10.0 Å². The summed E-state index contributed by atoms with van der Waals surface area (Å²) in [5.74, 6) is 0. The fourth-order valence-electron chi connectivity index (χ4n) is 1.11. The van der Waals surface area contributed by atoms with Crippen LogP contribution in [0.15, 0.2) is 0 Å². The number of benzene rings is 1. The van der Waals surface area contributed by atoms with Crippen LogP contribution in [-0.4, -0.2) is 0 Å². The second kappa shape index (κ2) is 3.15. The number of nitrogen functional groups attached to an aromatic ring is 1. The molecule has 0 saturated carbocycles. The van der Waals surface area contributed by atoms with Gasteiger partial charge in [-0.05, 0) is 37.5 Å². The third kappa shape index (κ3) is 1.27. The summed E-state index contributed by atoms with van der Waals surface area (Å²) in [5, 5.41) is 1.29. The van der Waals surface area contributed by atoms with E-state index in [1.54, 1.807) is 0 Å². The van der Waals surface area contributed by atoms with Gasteiger partial charge in [0.05, 0.1) is 10.7 Å². The molecule has 2 N–H and O–H groups in total. The highest BCUT2D eigenvalue weighted by Crippen LogP contribution is 2.35. The lowest BCUT2D eigenvalue weighted by atomic mass is 10.0. The Morgan fingerprint density at radius 1 is 0.833 bits per heavy atom. The van der Waals surface area contributed by atoms with Crippen LogP contribution in [0, 0.1) is 20.8 Å². The number of rotatable bonds is 0. The number of halogens is 2. The fraction of sp³-hybridized carbons (Fsp3) is 0.333. The van der Waals surface area contributed by atoms with E-state index >= 15 is 0 Å². The first-order valence-corrected chi connectivity index (χ1v) is 4.42. The Morgan fingerprint density at radius 2 is 1.33 bits per heavy atom. The first kappa shape index (κ1) is 9.69. The Labute approximate surface area is 82.5 Å². The summed E-state index contributed by atoms with van der Waals surface area (Å²) >= 11 is 12.0. The molecule has 1 nitrogen and oxygen atoms in total. The van der Waals surface area contributed by atoms with Crippen LogP contribution >= 0.6 is 23.2 Å². The standard InChI is InChI=1S/C9H11Cl2N/c1-4-5(2)9(12)8(11)6(3)7(4)10/h12H2,1-3H3. The minimum Gasteiger partial charge on any atom is -0.397 e. The summed E-state index contributed by atoms with van der Waals surface area (Å²) in [5.41, 5.74) is 9.24. The van der Waals surface area contributed by atoms with E-state index in [0.29, 0.717) is 15.7 Å². The Morgan fingerprint density at radius 3 is 1.83 bits per heavy atom. The number of anilines is 1. The molecule has 0 aliphatic heterocycles. The van der Waals surface area contributed by atoms with Crippen molar-refractivity contribution in [3.63, 3.8) is 0 Å². The maximum Gasteiger partial charge on any atom is 0.0682 e. The molecule has 3 heteroatoms. The average Bonchev–Trinajstić information content (AvgIpc) is 2.08. The summed E-state index contributed by atoms with van der Waals surface area (Å²) in [7, 11) is 0. The zero-order valence-corrected chi connectivity index (χ0v) is 8.85. The van der Waals surface area contributed by atoms with Gasteiger partial charge >= 0.3 is 0 Å². The van der Waals surface area contributed by atoms with Crippen LogP contribution in [0.3, 0.4) is 0 Å². The maximum atomic E-state index is 6.02. The molecule has 0 radical (unpaired) electrons. The van der Waals surface area contributed by atoms with Crippen molar-refractivity contribution in [1.29, 1.82) is 0 Å². The molecule has 0 atom stereocenters. The van der Waals surface area contributed by atoms with E-state index in [1.807, 2.05) is 20.8 Å². The van der Waals surface area contributed by atoms with Gasteiger partial charge in [-0.15, -0.1) is 0 Å². The van der Waals surface area contributed by atoms with E-state index in [9.17, 15) is 0 Å². The topological polar surface area (TPSA) is 26.0 Å². The van der Waals surface area contributed by atoms with Crippen LogP contribution in [0.4, 0.5) is 5.69 Å². The van der Waals surface area contributed by atoms with Crippen LogP contribution in [0.1, 0.15) is 16.7 Å². The second-order valence-corrected chi connectivity index (χ2v) is 3.67. The second-order valence-electron chi connectivity index (χ2n) is 2.92. The number of nitrogens with two attached hydrogens (primary N) is 1. The Kier molecular flexibility index (Phi) is 2.55. The highest BCUT2D eigenvalue weighted by Gasteiger charge is 2.11. The maximum absolute atomic E-state index is 6.02. The minimum atomic E-state index is 0.572. The predicted octanol–water partition coefficient (Wildman–Crippen LogP) is 3.50. The SMILES string of the molecule is Cc1c(C)c(Cl)c(C)c(Cl)c1N. The molecule has 0 fully saturated rings. The molecule has 0 spiro atoms. The minimum absolute atomic E-state index is 0.572. The van der Waals surface area contributed by atoms with Gasteiger partial charge in [0, 0.05) is 5.02 Å². The van der Waals surface area contributed by atoms with Crippen LogP contribution < -0.4 is 5.73 Å². The normalized spacial score (nSPS) is 10.4. The van der Waals surface area contributed by atoms with E-state index in [2.05, 4.69) is 0 Å². The van der Waals surface area contributed by atoms with Crippen molar-refractivity contribution in [2.24, 2.45) is 0 Å². The molecule has 0 heterocycles. The molecule has 0 unspecified atom stereocenters. The third-order valence-corrected chi connectivity index (χ3v) is 3.24. The monoisotopic (exact) mass is 203 g/mol. The van der Waals surface area contributed by atoms with E-state index in [-0.39, 0.29) is 0 Å². The summed E-state index contributed by atoms with van der Waals surface area (Å²) in [4.78, 5) is 0.